The van der Waals surface area contributed by atoms with Gasteiger partial charge >= 0.3 is 0 Å². The molecule has 0 saturated carbocycles. The van der Waals surface area contributed by atoms with Gasteiger partial charge in [0.1, 0.15) is 21.5 Å². The second kappa shape index (κ2) is 8.86. The smallest absolute Gasteiger partial charge is 0.265 e. The number of carbonyl (C=O) groups is 1. The number of nitrogens with zero attached hydrogens (tertiary/aromatic N) is 3. The number of halogens is 3. The molecule has 3 aromatic rings. The molecule has 0 spiro atoms. The van der Waals surface area contributed by atoms with Crippen LogP contribution in [0, 0.1) is 18.6 Å². The number of aromatic nitrogens is 1. The van der Waals surface area contributed by atoms with Gasteiger partial charge in [-0.3, -0.25) is 4.79 Å². The average Bonchev–Trinajstić information content (AvgIpc) is 3.17. The van der Waals surface area contributed by atoms with Gasteiger partial charge in [0, 0.05) is 31.7 Å². The maximum atomic E-state index is 13.4. The molecule has 1 aromatic heterocycles. The highest BCUT2D eigenvalue weighted by Gasteiger charge is 2.32. The van der Waals surface area contributed by atoms with E-state index in [0.29, 0.717) is 21.1 Å². The molecule has 2 heterocycles. The number of hydrogen-bond donors (Lipinski definition) is 0. The number of thiazole rings is 1. The Hall–Kier alpha value is -2.40. The van der Waals surface area contributed by atoms with Crippen molar-refractivity contribution < 1.29 is 22.0 Å². The Morgan fingerprint density at radius 2 is 1.72 bits per heavy atom. The molecule has 1 amide bonds. The number of aryl methyl sites for hydroxylation is 1. The summed E-state index contributed by atoms with van der Waals surface area (Å²) in [5.74, 6) is -1.27. The summed E-state index contributed by atoms with van der Waals surface area (Å²) < 4.78 is 53.5. The van der Waals surface area contributed by atoms with Gasteiger partial charge < -0.3 is 4.90 Å². The van der Waals surface area contributed by atoms with Crippen LogP contribution in [0.25, 0.3) is 10.6 Å². The summed E-state index contributed by atoms with van der Waals surface area (Å²) in [7, 11) is -3.85. The molecule has 6 nitrogen and oxygen atoms in total. The first-order valence-corrected chi connectivity index (χ1v) is 12.3. The highest BCUT2D eigenvalue weighted by Crippen LogP contribution is 2.30. The molecule has 2 aromatic carbocycles. The SMILES string of the molecule is Cc1nc(-c2ccc(F)cc2)sc1C(=O)N1CCN(S(=O)(=O)c2ccc(F)c(Cl)c2)CC1. The first kappa shape index (κ1) is 22.8. The first-order valence-electron chi connectivity index (χ1n) is 9.64. The van der Waals surface area contributed by atoms with Gasteiger partial charge in [-0.15, -0.1) is 11.3 Å². The fourth-order valence-corrected chi connectivity index (χ4v) is 6.11. The lowest BCUT2D eigenvalue weighted by Crippen LogP contribution is -2.50. The monoisotopic (exact) mass is 497 g/mol. The molecule has 32 heavy (non-hydrogen) atoms. The molecule has 0 radical (unpaired) electrons. The summed E-state index contributed by atoms with van der Waals surface area (Å²) in [6.07, 6.45) is 0. The number of benzene rings is 2. The summed E-state index contributed by atoms with van der Waals surface area (Å²) in [5.41, 5.74) is 1.28. The van der Waals surface area contributed by atoms with E-state index >= 15 is 0 Å². The van der Waals surface area contributed by atoms with Gasteiger partial charge in [-0.2, -0.15) is 4.31 Å². The maximum Gasteiger partial charge on any atom is 0.265 e. The van der Waals surface area contributed by atoms with Crippen molar-refractivity contribution in [3.8, 4) is 10.6 Å². The predicted octanol–water partition coefficient (Wildman–Crippen LogP) is 4.20. The highest BCUT2D eigenvalue weighted by atomic mass is 35.5. The van der Waals surface area contributed by atoms with Gasteiger partial charge in [-0.25, -0.2) is 22.2 Å². The van der Waals surface area contributed by atoms with Crippen LogP contribution < -0.4 is 0 Å². The van der Waals surface area contributed by atoms with Crippen molar-refractivity contribution in [2.75, 3.05) is 26.2 Å². The van der Waals surface area contributed by atoms with Gasteiger partial charge in [-0.05, 0) is 49.4 Å². The van der Waals surface area contributed by atoms with E-state index in [4.69, 9.17) is 11.6 Å². The van der Waals surface area contributed by atoms with E-state index < -0.39 is 15.8 Å². The number of amides is 1. The minimum absolute atomic E-state index is 0.0917. The number of hydrogen-bond acceptors (Lipinski definition) is 5. The van der Waals surface area contributed by atoms with E-state index in [1.54, 1.807) is 24.0 Å². The van der Waals surface area contributed by atoms with Gasteiger partial charge in [-0.1, -0.05) is 11.6 Å². The van der Waals surface area contributed by atoms with Crippen molar-refractivity contribution in [3.63, 3.8) is 0 Å². The third-order valence-corrected chi connectivity index (χ3v) is 8.52. The molecule has 1 aliphatic rings. The van der Waals surface area contributed by atoms with Crippen LogP contribution in [0.2, 0.25) is 5.02 Å². The Labute approximate surface area is 193 Å². The van der Waals surface area contributed by atoms with Crippen LogP contribution in [0.5, 0.6) is 0 Å². The topological polar surface area (TPSA) is 70.6 Å². The van der Waals surface area contributed by atoms with E-state index in [-0.39, 0.29) is 47.8 Å². The van der Waals surface area contributed by atoms with Crippen LogP contribution >= 0.6 is 22.9 Å². The van der Waals surface area contributed by atoms with Crippen LogP contribution in [-0.2, 0) is 10.0 Å². The summed E-state index contributed by atoms with van der Waals surface area (Å²) in [6, 6.07) is 9.15. The molecule has 168 valence electrons. The molecule has 0 N–H and O–H groups in total. The largest absolute Gasteiger partial charge is 0.335 e. The van der Waals surface area contributed by atoms with Gasteiger partial charge in [0.05, 0.1) is 15.6 Å². The minimum atomic E-state index is -3.85. The average molecular weight is 498 g/mol. The molecule has 0 unspecified atom stereocenters. The van der Waals surface area contributed by atoms with Gasteiger partial charge in [0.25, 0.3) is 5.91 Å². The molecular weight excluding hydrogens is 480 g/mol. The normalized spacial score (nSPS) is 15.2. The Morgan fingerprint density at radius 3 is 2.34 bits per heavy atom. The van der Waals surface area contributed by atoms with Crippen molar-refractivity contribution in [2.24, 2.45) is 0 Å². The van der Waals surface area contributed by atoms with E-state index in [2.05, 4.69) is 4.98 Å². The summed E-state index contributed by atoms with van der Waals surface area (Å²) in [5, 5.41) is 0.345. The van der Waals surface area contributed by atoms with E-state index in [9.17, 15) is 22.0 Å². The summed E-state index contributed by atoms with van der Waals surface area (Å²) in [6.45, 7) is 2.35. The number of piperazine rings is 1. The Balaban J connectivity index is 1.47. The van der Waals surface area contributed by atoms with E-state index in [1.165, 1.54) is 33.8 Å². The molecule has 4 rings (SSSR count). The van der Waals surface area contributed by atoms with Crippen molar-refractivity contribution in [3.05, 3.63) is 69.7 Å². The fraction of sp³-hybridized carbons (Fsp3) is 0.238. The van der Waals surface area contributed by atoms with Crippen molar-refractivity contribution >= 4 is 38.9 Å². The first-order chi connectivity index (χ1) is 15.2. The fourth-order valence-electron chi connectivity index (χ4n) is 3.37. The molecule has 1 fully saturated rings. The molecule has 1 saturated heterocycles. The Kier molecular flexibility index (Phi) is 6.30. The van der Waals surface area contributed by atoms with Crippen LogP contribution in [0.3, 0.4) is 0 Å². The number of carbonyl (C=O) groups excluding carboxylic acids is 1. The third-order valence-electron chi connectivity index (χ3n) is 5.14. The van der Waals surface area contributed by atoms with Crippen LogP contribution in [-0.4, -0.2) is 54.7 Å². The second-order valence-electron chi connectivity index (χ2n) is 7.21. The van der Waals surface area contributed by atoms with Crippen LogP contribution in [0.15, 0.2) is 47.4 Å². The van der Waals surface area contributed by atoms with E-state index in [1.807, 2.05) is 0 Å². The molecular formula is C21H18ClF2N3O3S2. The lowest BCUT2D eigenvalue weighted by atomic mass is 10.2. The number of sulfonamides is 1. The lowest BCUT2D eigenvalue weighted by molar-refractivity contribution is 0.0702. The quantitative estimate of drug-likeness (QED) is 0.541. The summed E-state index contributed by atoms with van der Waals surface area (Å²) in [4.78, 5) is 19.4. The molecule has 0 aliphatic carbocycles. The third kappa shape index (κ3) is 4.40. The standard InChI is InChI=1S/C21H18ClF2N3O3S2/c1-13-19(31-20(25-13)14-2-4-15(23)5-3-14)21(28)26-8-10-27(11-9-26)32(29,30)16-6-7-18(24)17(22)12-16/h2-7,12H,8-11H2,1H3. The van der Waals surface area contributed by atoms with Crippen molar-refractivity contribution in [1.82, 2.24) is 14.2 Å². The van der Waals surface area contributed by atoms with Crippen LogP contribution in [0.1, 0.15) is 15.4 Å². The zero-order valence-corrected chi connectivity index (χ0v) is 19.3. The lowest BCUT2D eigenvalue weighted by Gasteiger charge is -2.33. The molecule has 0 atom stereocenters. The Morgan fingerprint density at radius 1 is 1.06 bits per heavy atom. The molecule has 0 bridgehead atoms. The van der Waals surface area contributed by atoms with Crippen molar-refractivity contribution in [2.45, 2.75) is 11.8 Å². The van der Waals surface area contributed by atoms with Gasteiger partial charge in [0.15, 0.2) is 0 Å². The zero-order chi connectivity index (χ0) is 23.0. The Bertz CT molecular complexity index is 1270. The predicted molar refractivity (Wildman–Crippen MR) is 118 cm³/mol. The zero-order valence-electron chi connectivity index (χ0n) is 16.9. The molecule has 11 heteroatoms. The van der Waals surface area contributed by atoms with Gasteiger partial charge in [0.2, 0.25) is 10.0 Å². The van der Waals surface area contributed by atoms with E-state index in [0.717, 1.165) is 12.1 Å². The molecule has 1 aliphatic heterocycles. The highest BCUT2D eigenvalue weighted by molar-refractivity contribution is 7.89. The van der Waals surface area contributed by atoms with Crippen molar-refractivity contribution in [1.29, 1.82) is 0 Å². The summed E-state index contributed by atoms with van der Waals surface area (Å²) >= 11 is 6.95. The maximum absolute atomic E-state index is 13.4. The minimum Gasteiger partial charge on any atom is -0.335 e. The van der Waals surface area contributed by atoms with Crippen LogP contribution in [0.4, 0.5) is 8.78 Å². The number of rotatable bonds is 4. The second-order valence-corrected chi connectivity index (χ2v) is 10.6.